The Morgan fingerprint density at radius 2 is 1.94 bits per heavy atom. The number of hydrogen-bond donors (Lipinski definition) is 1. The van der Waals surface area contributed by atoms with Gasteiger partial charge in [-0.1, -0.05) is 18.2 Å². The summed E-state index contributed by atoms with van der Waals surface area (Å²) in [6.07, 6.45) is 0.0303. The van der Waals surface area contributed by atoms with E-state index in [9.17, 15) is 8.42 Å². The van der Waals surface area contributed by atoms with Gasteiger partial charge in [0.1, 0.15) is 17.9 Å². The lowest BCUT2D eigenvalue weighted by Crippen LogP contribution is -2.54. The predicted octanol–water partition coefficient (Wildman–Crippen LogP) is 2.89. The van der Waals surface area contributed by atoms with Crippen LogP contribution in [0, 0.1) is 0 Å². The van der Waals surface area contributed by atoms with Gasteiger partial charge in [0.25, 0.3) is 0 Å². The molecule has 1 fully saturated rings. The Morgan fingerprint density at radius 1 is 1.23 bits per heavy atom. The highest BCUT2D eigenvalue weighted by atomic mass is 127. The van der Waals surface area contributed by atoms with Crippen LogP contribution in [0.5, 0.6) is 0 Å². The molecule has 1 aliphatic heterocycles. The minimum absolute atomic E-state index is 0. The van der Waals surface area contributed by atoms with E-state index in [-0.39, 0.29) is 42.4 Å². The van der Waals surface area contributed by atoms with E-state index >= 15 is 0 Å². The number of ether oxygens (including phenoxy) is 1. The minimum Gasteiger partial charge on any atom is -0.459 e. The van der Waals surface area contributed by atoms with Gasteiger partial charge in [-0.25, -0.2) is 13.4 Å². The number of furan rings is 1. The first-order valence-electron chi connectivity index (χ1n) is 10.5. The number of hydrogen-bond acceptors (Lipinski definition) is 5. The molecule has 0 atom stereocenters. The molecule has 1 aliphatic rings. The third-order valence-corrected chi connectivity index (χ3v) is 6.75. The molecule has 1 saturated heterocycles. The fraction of sp³-hybridized carbons (Fsp3) is 0.571. The quantitative estimate of drug-likeness (QED) is 0.302. The van der Waals surface area contributed by atoms with E-state index in [1.165, 1.54) is 0 Å². The summed E-state index contributed by atoms with van der Waals surface area (Å²) in [5.41, 5.74) is 0.855. The lowest BCUT2D eigenvalue weighted by Gasteiger charge is -2.35. The molecule has 10 heteroatoms. The van der Waals surface area contributed by atoms with Gasteiger partial charge in [0.05, 0.1) is 18.5 Å². The van der Waals surface area contributed by atoms with E-state index < -0.39 is 10.0 Å². The first-order valence-corrected chi connectivity index (χ1v) is 12.1. The summed E-state index contributed by atoms with van der Waals surface area (Å²) in [6, 6.07) is 9.90. The van der Waals surface area contributed by atoms with E-state index in [4.69, 9.17) is 14.1 Å². The lowest BCUT2D eigenvalue weighted by atomic mass is 10.2. The molecular formula is C21H33IN4O4S. The van der Waals surface area contributed by atoms with Crippen LogP contribution in [0.3, 0.4) is 0 Å². The summed E-state index contributed by atoms with van der Waals surface area (Å²) in [5.74, 6) is 1.60. The van der Waals surface area contributed by atoms with Crippen molar-refractivity contribution in [3.05, 3.63) is 36.1 Å². The first kappa shape index (κ1) is 25.9. The fourth-order valence-corrected chi connectivity index (χ4v) is 4.67. The van der Waals surface area contributed by atoms with Crippen molar-refractivity contribution in [2.24, 2.45) is 4.99 Å². The van der Waals surface area contributed by atoms with Crippen LogP contribution in [0.25, 0.3) is 11.0 Å². The fourth-order valence-electron chi connectivity index (χ4n) is 3.39. The minimum atomic E-state index is -3.30. The summed E-state index contributed by atoms with van der Waals surface area (Å²) in [4.78, 5) is 6.81. The maximum atomic E-state index is 12.5. The molecule has 1 aromatic carbocycles. The van der Waals surface area contributed by atoms with Crippen molar-refractivity contribution in [1.29, 1.82) is 0 Å². The highest BCUT2D eigenvalue weighted by Crippen LogP contribution is 2.19. The van der Waals surface area contributed by atoms with Crippen molar-refractivity contribution in [1.82, 2.24) is 14.5 Å². The topological polar surface area (TPSA) is 87.4 Å². The Bertz CT molecular complexity index is 920. The summed E-state index contributed by atoms with van der Waals surface area (Å²) in [7, 11) is -3.30. The van der Waals surface area contributed by atoms with Gasteiger partial charge in [-0.2, -0.15) is 4.31 Å². The molecule has 3 rings (SSSR count). The SMILES string of the molecule is CCNC(=NCc1cc2ccccc2o1)N1CCN(S(=O)(=O)CCOC(C)C)CC1.I. The molecule has 0 spiro atoms. The van der Waals surface area contributed by atoms with Crippen LogP contribution in [0.15, 0.2) is 39.7 Å². The van der Waals surface area contributed by atoms with Gasteiger partial charge in [-0.3, -0.25) is 0 Å². The molecule has 0 radical (unpaired) electrons. The molecule has 174 valence electrons. The number of rotatable bonds is 8. The van der Waals surface area contributed by atoms with E-state index in [1.54, 1.807) is 4.31 Å². The lowest BCUT2D eigenvalue weighted by molar-refractivity contribution is 0.0904. The van der Waals surface area contributed by atoms with Crippen molar-refractivity contribution in [2.75, 3.05) is 45.1 Å². The van der Waals surface area contributed by atoms with E-state index in [2.05, 4.69) is 10.2 Å². The molecule has 2 aromatic rings. The third kappa shape index (κ3) is 7.33. The second-order valence-corrected chi connectivity index (χ2v) is 9.63. The highest BCUT2D eigenvalue weighted by molar-refractivity contribution is 14.0. The van der Waals surface area contributed by atoms with Gasteiger partial charge in [0.2, 0.25) is 10.0 Å². The molecule has 0 amide bonds. The summed E-state index contributed by atoms with van der Waals surface area (Å²) < 4.78 is 37.9. The number of benzene rings is 1. The van der Waals surface area contributed by atoms with Crippen molar-refractivity contribution in [3.8, 4) is 0 Å². The van der Waals surface area contributed by atoms with E-state index in [0.29, 0.717) is 32.7 Å². The van der Waals surface area contributed by atoms with Crippen LogP contribution in [0.4, 0.5) is 0 Å². The number of aliphatic imine (C=N–C) groups is 1. The molecule has 8 nitrogen and oxygen atoms in total. The largest absolute Gasteiger partial charge is 0.459 e. The van der Waals surface area contributed by atoms with Crippen molar-refractivity contribution >= 4 is 50.9 Å². The normalized spacial score (nSPS) is 16.0. The van der Waals surface area contributed by atoms with Gasteiger partial charge < -0.3 is 19.4 Å². The average Bonchev–Trinajstić information content (AvgIpc) is 3.14. The molecule has 0 aliphatic carbocycles. The van der Waals surface area contributed by atoms with Gasteiger partial charge in [0, 0.05) is 38.1 Å². The van der Waals surface area contributed by atoms with E-state index in [1.807, 2.05) is 51.1 Å². The second-order valence-electron chi connectivity index (χ2n) is 7.54. The number of halogens is 1. The van der Waals surface area contributed by atoms with Crippen molar-refractivity contribution in [3.63, 3.8) is 0 Å². The number of nitrogens with one attached hydrogen (secondary N) is 1. The Hall–Kier alpha value is -1.37. The number of nitrogens with zero attached hydrogens (tertiary/aromatic N) is 3. The summed E-state index contributed by atoms with van der Waals surface area (Å²) >= 11 is 0. The second kappa shape index (κ2) is 12.0. The standard InChI is InChI=1S/C21H32N4O4S.HI/c1-4-22-21(23-16-19-15-18-7-5-6-8-20(18)29-19)24-9-11-25(12-10-24)30(26,27)14-13-28-17(2)3;/h5-8,15,17H,4,9-14,16H2,1-3H3,(H,22,23);1H. The van der Waals surface area contributed by atoms with Crippen LogP contribution in [0.1, 0.15) is 26.5 Å². The maximum Gasteiger partial charge on any atom is 0.216 e. The zero-order valence-electron chi connectivity index (χ0n) is 18.4. The molecule has 0 bridgehead atoms. The van der Waals surface area contributed by atoms with Crippen molar-refractivity contribution < 1.29 is 17.6 Å². The van der Waals surface area contributed by atoms with Crippen LogP contribution < -0.4 is 5.32 Å². The highest BCUT2D eigenvalue weighted by Gasteiger charge is 2.28. The zero-order chi connectivity index (χ0) is 21.6. The molecule has 2 heterocycles. The van der Waals surface area contributed by atoms with Gasteiger partial charge in [-0.05, 0) is 32.9 Å². The summed E-state index contributed by atoms with van der Waals surface area (Å²) in [6.45, 7) is 9.29. The van der Waals surface area contributed by atoms with E-state index in [0.717, 1.165) is 29.2 Å². The average molecular weight is 564 g/mol. The van der Waals surface area contributed by atoms with Crippen LogP contribution in [0.2, 0.25) is 0 Å². The summed E-state index contributed by atoms with van der Waals surface area (Å²) in [5, 5.41) is 4.37. The number of sulfonamides is 1. The smallest absolute Gasteiger partial charge is 0.216 e. The molecule has 1 N–H and O–H groups in total. The molecule has 1 aromatic heterocycles. The van der Waals surface area contributed by atoms with Crippen LogP contribution in [-0.2, 0) is 21.3 Å². The van der Waals surface area contributed by atoms with Gasteiger partial charge in [-0.15, -0.1) is 24.0 Å². The van der Waals surface area contributed by atoms with Gasteiger partial charge in [0.15, 0.2) is 5.96 Å². The van der Waals surface area contributed by atoms with Crippen molar-refractivity contribution in [2.45, 2.75) is 33.4 Å². The number of para-hydroxylation sites is 1. The Kier molecular flexibility index (Phi) is 10.0. The Morgan fingerprint density at radius 3 is 2.58 bits per heavy atom. The predicted molar refractivity (Wildman–Crippen MR) is 134 cm³/mol. The van der Waals surface area contributed by atoms with Gasteiger partial charge >= 0.3 is 0 Å². The maximum absolute atomic E-state index is 12.5. The Labute approximate surface area is 202 Å². The monoisotopic (exact) mass is 564 g/mol. The first-order chi connectivity index (χ1) is 14.4. The van der Waals surface area contributed by atoms with Crippen LogP contribution >= 0.6 is 24.0 Å². The number of guanidine groups is 1. The van der Waals surface area contributed by atoms with Crippen LogP contribution in [-0.4, -0.2) is 74.8 Å². The zero-order valence-corrected chi connectivity index (χ0v) is 21.6. The third-order valence-electron chi connectivity index (χ3n) is 4.92. The molecule has 31 heavy (non-hydrogen) atoms. The molecule has 0 saturated carbocycles. The molecule has 0 unspecified atom stereocenters. The Balaban J connectivity index is 0.00000341. The number of piperazine rings is 1. The molecular weight excluding hydrogens is 531 g/mol. The number of fused-ring (bicyclic) bond motifs is 1.